The molecule has 0 amide bonds. The number of nitrogens with zero attached hydrogens (tertiary/aromatic N) is 1. The highest BCUT2D eigenvalue weighted by Gasteiger charge is 2.11. The van der Waals surface area contributed by atoms with Crippen molar-refractivity contribution in [3.05, 3.63) is 29.6 Å². The Morgan fingerprint density at radius 3 is 2.63 bits per heavy atom. The summed E-state index contributed by atoms with van der Waals surface area (Å²) in [6.45, 7) is 0. The Balaban J connectivity index is 2.20. The summed E-state index contributed by atoms with van der Waals surface area (Å²) in [6.07, 6.45) is 0. The summed E-state index contributed by atoms with van der Waals surface area (Å²) >= 11 is 6.52. The van der Waals surface area contributed by atoms with Crippen molar-refractivity contribution in [1.82, 2.24) is 4.98 Å². The van der Waals surface area contributed by atoms with E-state index >= 15 is 0 Å². The van der Waals surface area contributed by atoms with Crippen molar-refractivity contribution in [2.45, 2.75) is 0 Å². The monoisotopic (exact) mass is 318 g/mol. The van der Waals surface area contributed by atoms with E-state index in [4.69, 9.17) is 16.3 Å². The lowest BCUT2D eigenvalue weighted by Gasteiger charge is -2.01. The van der Waals surface area contributed by atoms with Crippen LogP contribution in [-0.2, 0) is 10.0 Å². The first kappa shape index (κ1) is 14.1. The number of alkyl halides is 1. The fourth-order valence-electron chi connectivity index (χ4n) is 1.38. The first-order valence-electron chi connectivity index (χ1n) is 5.20. The number of nitrogens with one attached hydrogen (secondary N) is 1. The van der Waals surface area contributed by atoms with Crippen LogP contribution >= 0.6 is 22.9 Å². The van der Waals surface area contributed by atoms with E-state index in [1.165, 1.54) is 11.3 Å². The molecule has 0 unspecified atom stereocenters. The molecule has 0 fully saturated rings. The van der Waals surface area contributed by atoms with Gasteiger partial charge in [0.25, 0.3) is 0 Å². The van der Waals surface area contributed by atoms with Crippen molar-refractivity contribution in [1.29, 1.82) is 0 Å². The molecule has 1 aromatic heterocycles. The average molecular weight is 319 g/mol. The van der Waals surface area contributed by atoms with Crippen molar-refractivity contribution in [2.24, 2.45) is 0 Å². The van der Waals surface area contributed by atoms with E-state index < -0.39 is 15.2 Å². The third-order valence-corrected chi connectivity index (χ3v) is 4.82. The second-order valence-corrected chi connectivity index (χ2v) is 6.76. The second kappa shape index (κ2) is 5.77. The molecule has 2 aromatic rings. The summed E-state index contributed by atoms with van der Waals surface area (Å²) in [7, 11) is -1.91. The zero-order valence-corrected chi connectivity index (χ0v) is 12.3. The van der Waals surface area contributed by atoms with E-state index in [1.807, 2.05) is 24.3 Å². The molecule has 0 radical (unpaired) electrons. The predicted octanol–water partition coefficient (Wildman–Crippen LogP) is 2.76. The van der Waals surface area contributed by atoms with Crippen LogP contribution in [0.1, 0.15) is 0 Å². The maximum Gasteiger partial charge on any atom is 0.248 e. The molecule has 0 saturated heterocycles. The lowest BCUT2D eigenvalue weighted by Crippen LogP contribution is -2.13. The molecule has 8 heteroatoms. The zero-order valence-electron chi connectivity index (χ0n) is 9.96. The minimum atomic E-state index is -3.51. The van der Waals surface area contributed by atoms with Gasteiger partial charge < -0.3 is 4.74 Å². The SMILES string of the molecule is COc1ccc(-c2csc(NS(=O)(=O)CCl)n2)cc1. The number of thiazole rings is 1. The smallest absolute Gasteiger partial charge is 0.248 e. The van der Waals surface area contributed by atoms with Crippen LogP contribution in [0, 0.1) is 0 Å². The summed E-state index contributed by atoms with van der Waals surface area (Å²) in [6, 6.07) is 7.34. The Morgan fingerprint density at radius 2 is 2.05 bits per heavy atom. The van der Waals surface area contributed by atoms with Gasteiger partial charge >= 0.3 is 0 Å². The summed E-state index contributed by atoms with van der Waals surface area (Å²) in [5, 5.41) is 1.57. The molecule has 1 aromatic carbocycles. The number of hydrogen-bond donors (Lipinski definition) is 1. The van der Waals surface area contributed by atoms with Gasteiger partial charge in [-0.2, -0.15) is 0 Å². The summed E-state index contributed by atoms with van der Waals surface area (Å²) in [4.78, 5) is 4.20. The highest BCUT2D eigenvalue weighted by atomic mass is 35.5. The number of methoxy groups -OCH3 is 1. The number of ether oxygens (including phenoxy) is 1. The van der Waals surface area contributed by atoms with Gasteiger partial charge in [0.2, 0.25) is 10.0 Å². The van der Waals surface area contributed by atoms with Gasteiger partial charge in [-0.15, -0.1) is 22.9 Å². The molecular weight excluding hydrogens is 308 g/mol. The minimum Gasteiger partial charge on any atom is -0.497 e. The van der Waals surface area contributed by atoms with Crippen molar-refractivity contribution in [2.75, 3.05) is 17.0 Å². The quantitative estimate of drug-likeness (QED) is 0.861. The van der Waals surface area contributed by atoms with Crippen LogP contribution < -0.4 is 9.46 Å². The minimum absolute atomic E-state index is 0.298. The first-order valence-corrected chi connectivity index (χ1v) is 8.27. The van der Waals surface area contributed by atoms with Crippen LogP contribution in [0.2, 0.25) is 0 Å². The Labute approximate surface area is 120 Å². The predicted molar refractivity (Wildman–Crippen MR) is 77.4 cm³/mol. The molecule has 0 bridgehead atoms. The van der Waals surface area contributed by atoms with E-state index in [-0.39, 0.29) is 0 Å². The van der Waals surface area contributed by atoms with Crippen LogP contribution in [0.3, 0.4) is 0 Å². The maximum absolute atomic E-state index is 11.3. The fourth-order valence-corrected chi connectivity index (χ4v) is 3.04. The maximum atomic E-state index is 11.3. The Kier molecular flexibility index (Phi) is 4.28. The number of sulfonamides is 1. The molecule has 0 spiro atoms. The standard InChI is InChI=1S/C11H11ClN2O3S2/c1-17-9-4-2-8(3-5-9)10-6-18-11(13-10)14-19(15,16)7-12/h2-6H,7H2,1H3,(H,13,14). The van der Waals surface area contributed by atoms with Gasteiger partial charge in [-0.3, -0.25) is 4.72 Å². The molecule has 2 rings (SSSR count). The molecule has 19 heavy (non-hydrogen) atoms. The van der Waals surface area contributed by atoms with E-state index in [0.29, 0.717) is 10.8 Å². The molecule has 1 N–H and O–H groups in total. The lowest BCUT2D eigenvalue weighted by molar-refractivity contribution is 0.415. The van der Waals surface area contributed by atoms with Crippen LogP contribution in [0.5, 0.6) is 5.75 Å². The van der Waals surface area contributed by atoms with Crippen molar-refractivity contribution in [3.63, 3.8) is 0 Å². The molecule has 102 valence electrons. The fraction of sp³-hybridized carbons (Fsp3) is 0.182. The van der Waals surface area contributed by atoms with Gasteiger partial charge in [0.15, 0.2) is 5.13 Å². The zero-order chi connectivity index (χ0) is 13.9. The van der Waals surface area contributed by atoms with Crippen molar-refractivity contribution >= 4 is 38.1 Å². The highest BCUT2D eigenvalue weighted by molar-refractivity contribution is 7.94. The van der Waals surface area contributed by atoms with Crippen molar-refractivity contribution in [3.8, 4) is 17.0 Å². The molecule has 0 aliphatic heterocycles. The number of anilines is 1. The van der Waals surface area contributed by atoms with Gasteiger partial charge in [0.1, 0.15) is 11.0 Å². The van der Waals surface area contributed by atoms with Gasteiger partial charge in [0, 0.05) is 10.9 Å². The van der Waals surface area contributed by atoms with Gasteiger partial charge in [-0.25, -0.2) is 13.4 Å². The second-order valence-electron chi connectivity index (χ2n) is 3.59. The molecule has 1 heterocycles. The normalized spacial score (nSPS) is 11.3. The first-order chi connectivity index (χ1) is 9.04. The summed E-state index contributed by atoms with van der Waals surface area (Å²) < 4.78 is 30.0. The molecule has 0 saturated carbocycles. The van der Waals surface area contributed by atoms with Crippen molar-refractivity contribution < 1.29 is 13.2 Å². The Morgan fingerprint density at radius 1 is 1.37 bits per heavy atom. The Bertz CT molecular complexity index is 653. The van der Waals surface area contributed by atoms with Crippen LogP contribution in [0.25, 0.3) is 11.3 Å². The van der Waals surface area contributed by atoms with E-state index in [1.54, 1.807) is 12.5 Å². The third-order valence-electron chi connectivity index (χ3n) is 2.28. The third kappa shape index (κ3) is 3.59. The summed E-state index contributed by atoms with van der Waals surface area (Å²) in [5.74, 6) is 0.752. The van der Waals surface area contributed by atoms with Gasteiger partial charge in [0.05, 0.1) is 12.8 Å². The topological polar surface area (TPSA) is 68.3 Å². The molecular formula is C11H11ClN2O3S2. The lowest BCUT2D eigenvalue weighted by atomic mass is 10.2. The molecule has 0 atom stereocenters. The van der Waals surface area contributed by atoms with Crippen LogP contribution in [0.15, 0.2) is 29.6 Å². The number of halogens is 1. The van der Waals surface area contributed by atoms with E-state index in [0.717, 1.165) is 11.3 Å². The number of hydrogen-bond acceptors (Lipinski definition) is 5. The average Bonchev–Trinajstić information content (AvgIpc) is 2.86. The molecule has 0 aliphatic rings. The van der Waals surface area contributed by atoms with E-state index in [9.17, 15) is 8.42 Å². The van der Waals surface area contributed by atoms with Gasteiger partial charge in [-0.1, -0.05) is 0 Å². The van der Waals surface area contributed by atoms with E-state index in [2.05, 4.69) is 9.71 Å². The number of aromatic nitrogens is 1. The van der Waals surface area contributed by atoms with Crippen LogP contribution in [-0.4, -0.2) is 25.7 Å². The largest absolute Gasteiger partial charge is 0.497 e. The van der Waals surface area contributed by atoms with Gasteiger partial charge in [-0.05, 0) is 24.3 Å². The number of rotatable bonds is 5. The Hall–Kier alpha value is -1.31. The molecule has 5 nitrogen and oxygen atoms in total. The summed E-state index contributed by atoms with van der Waals surface area (Å²) in [5.41, 5.74) is 1.58. The number of benzene rings is 1. The molecule has 0 aliphatic carbocycles. The van der Waals surface area contributed by atoms with Crippen LogP contribution in [0.4, 0.5) is 5.13 Å². The highest BCUT2D eigenvalue weighted by Crippen LogP contribution is 2.26.